The van der Waals surface area contributed by atoms with E-state index in [-0.39, 0.29) is 5.03 Å². The molecule has 0 amide bonds. The van der Waals surface area contributed by atoms with Crippen LogP contribution in [0.15, 0.2) is 109 Å². The molecule has 0 saturated heterocycles. The number of nitrogens with zero attached hydrogens (tertiary/aromatic N) is 4. The second kappa shape index (κ2) is 8.96. The van der Waals surface area contributed by atoms with Gasteiger partial charge < -0.3 is 4.57 Å². The summed E-state index contributed by atoms with van der Waals surface area (Å²) in [6.45, 7) is 0. The zero-order chi connectivity index (χ0) is 22.6. The number of rotatable bonds is 7. The van der Waals surface area contributed by atoms with Crippen LogP contribution in [-0.4, -0.2) is 14.6 Å². The lowest BCUT2D eigenvalue weighted by atomic mass is 10.1. The van der Waals surface area contributed by atoms with Crippen LogP contribution < -0.4 is 5.01 Å². The van der Waals surface area contributed by atoms with Gasteiger partial charge in [0.1, 0.15) is 17.2 Å². The molecule has 0 aliphatic carbocycles. The lowest BCUT2D eigenvalue weighted by molar-refractivity contribution is -0.483. The Bertz CT molecular complexity index is 1390. The third kappa shape index (κ3) is 4.32. The van der Waals surface area contributed by atoms with E-state index in [4.69, 9.17) is 0 Å². The number of nitro groups is 1. The number of anilines is 2. The van der Waals surface area contributed by atoms with E-state index in [9.17, 15) is 10.1 Å². The Kier molecular flexibility index (Phi) is 5.55. The van der Waals surface area contributed by atoms with E-state index in [2.05, 4.69) is 17.1 Å². The highest BCUT2D eigenvalue weighted by Crippen LogP contribution is 2.29. The van der Waals surface area contributed by atoms with Gasteiger partial charge in [-0.25, -0.2) is 15.1 Å². The molecule has 0 saturated carbocycles. The lowest BCUT2D eigenvalue weighted by Gasteiger charge is -2.16. The molecule has 33 heavy (non-hydrogen) atoms. The highest BCUT2D eigenvalue weighted by Gasteiger charge is 2.20. The molecule has 0 atom stereocenters. The molecule has 1 aromatic heterocycles. The second-order valence-corrected chi connectivity index (χ2v) is 7.80. The highest BCUT2D eigenvalue weighted by atomic mass is 16.7. The van der Waals surface area contributed by atoms with Gasteiger partial charge in [-0.15, -0.1) is 0 Å². The molecule has 0 bridgehead atoms. The predicted octanol–water partition coefficient (Wildman–Crippen LogP) is 6.14. The molecule has 0 radical (unpaired) electrons. The maximum absolute atomic E-state index is 11.9. The summed E-state index contributed by atoms with van der Waals surface area (Å²) in [5.74, 6) is 0.951. The summed E-state index contributed by atoms with van der Waals surface area (Å²) in [6.07, 6.45) is 5.40. The van der Waals surface area contributed by atoms with E-state index >= 15 is 0 Å². The molecule has 0 N–H and O–H groups in total. The maximum atomic E-state index is 11.9. The van der Waals surface area contributed by atoms with Gasteiger partial charge in [-0.3, -0.25) is 0 Å². The minimum atomic E-state index is -0.387. The Morgan fingerprint density at radius 2 is 1.48 bits per heavy atom. The van der Waals surface area contributed by atoms with E-state index in [0.29, 0.717) is 11.4 Å². The van der Waals surface area contributed by atoms with Gasteiger partial charge in [-0.1, -0.05) is 65.7 Å². The minimum absolute atomic E-state index is 0.387. The van der Waals surface area contributed by atoms with Gasteiger partial charge in [0, 0.05) is 24.5 Å². The summed E-state index contributed by atoms with van der Waals surface area (Å²) in [5.41, 5.74) is 3.18. The molecule has 1 heterocycles. The Morgan fingerprint density at radius 3 is 2.24 bits per heavy atom. The van der Waals surface area contributed by atoms with Crippen molar-refractivity contribution in [3.8, 4) is 5.69 Å². The molecule has 5 rings (SSSR count). The van der Waals surface area contributed by atoms with Crippen molar-refractivity contribution in [3.05, 3.63) is 131 Å². The van der Waals surface area contributed by atoms with Gasteiger partial charge in [0.25, 0.3) is 0 Å². The van der Waals surface area contributed by atoms with Gasteiger partial charge >= 0.3 is 0 Å². The topological polar surface area (TPSA) is 64.2 Å². The molecule has 6 nitrogen and oxygen atoms in total. The molecule has 0 aliphatic heterocycles. The third-order valence-electron chi connectivity index (χ3n) is 5.71. The zero-order valence-corrected chi connectivity index (χ0v) is 17.9. The largest absolute Gasteiger partial charge is 0.304 e. The number of imidazole rings is 1. The van der Waals surface area contributed by atoms with Crippen LogP contribution >= 0.6 is 0 Å². The van der Waals surface area contributed by atoms with Gasteiger partial charge in [-0.05, 0) is 59.2 Å². The van der Waals surface area contributed by atoms with Gasteiger partial charge in [0.2, 0.25) is 0 Å². The SMILES string of the molecule is O=[N+]([O-])N(c1ccc(-n2ccnc2CCc2ccccc2)cc1)c1ccc2ccccc2c1. The lowest BCUT2D eigenvalue weighted by Crippen LogP contribution is -2.24. The zero-order valence-electron chi connectivity index (χ0n) is 17.9. The van der Waals surface area contributed by atoms with Crippen molar-refractivity contribution >= 4 is 22.1 Å². The summed E-state index contributed by atoms with van der Waals surface area (Å²) in [5, 5.41) is 14.7. The Labute approximate surface area is 191 Å². The Balaban J connectivity index is 1.40. The minimum Gasteiger partial charge on any atom is -0.304 e. The fourth-order valence-corrected chi connectivity index (χ4v) is 4.06. The molecule has 0 unspecified atom stereocenters. The van der Waals surface area contributed by atoms with Crippen LogP contribution in [0.3, 0.4) is 0 Å². The number of fused-ring (bicyclic) bond motifs is 1. The summed E-state index contributed by atoms with van der Waals surface area (Å²) in [6, 6.07) is 31.0. The molecular weight excluding hydrogens is 412 g/mol. The molecule has 4 aromatic carbocycles. The van der Waals surface area contributed by atoms with Crippen molar-refractivity contribution < 1.29 is 5.03 Å². The predicted molar refractivity (Wildman–Crippen MR) is 130 cm³/mol. The number of hydrogen-bond acceptors (Lipinski definition) is 3. The number of aryl methyl sites for hydroxylation is 2. The monoisotopic (exact) mass is 434 g/mol. The van der Waals surface area contributed by atoms with Crippen molar-refractivity contribution in [1.82, 2.24) is 9.55 Å². The molecule has 0 aliphatic rings. The average Bonchev–Trinajstić information content (AvgIpc) is 3.32. The van der Waals surface area contributed by atoms with Crippen molar-refractivity contribution in [3.63, 3.8) is 0 Å². The number of hydrazine groups is 1. The van der Waals surface area contributed by atoms with Crippen molar-refractivity contribution in [1.29, 1.82) is 0 Å². The third-order valence-corrected chi connectivity index (χ3v) is 5.71. The molecule has 5 aromatic rings. The smallest absolute Gasteiger partial charge is 0.170 e. The quantitative estimate of drug-likeness (QED) is 0.228. The second-order valence-electron chi connectivity index (χ2n) is 7.80. The first-order valence-corrected chi connectivity index (χ1v) is 10.8. The fraction of sp³-hybridized carbons (Fsp3) is 0.0741. The van der Waals surface area contributed by atoms with Crippen LogP contribution in [-0.2, 0) is 12.8 Å². The fourth-order valence-electron chi connectivity index (χ4n) is 4.06. The first-order valence-electron chi connectivity index (χ1n) is 10.8. The molecular formula is C27H22N4O2. The van der Waals surface area contributed by atoms with E-state index in [1.807, 2.05) is 77.5 Å². The van der Waals surface area contributed by atoms with Crippen LogP contribution in [0, 0.1) is 10.1 Å². The molecule has 6 heteroatoms. The van der Waals surface area contributed by atoms with E-state index in [1.165, 1.54) is 5.56 Å². The Hall–Kier alpha value is -4.45. The number of hydrogen-bond donors (Lipinski definition) is 0. The van der Waals surface area contributed by atoms with Crippen molar-refractivity contribution in [2.75, 3.05) is 5.01 Å². The number of benzene rings is 4. The first-order chi connectivity index (χ1) is 16.2. The van der Waals surface area contributed by atoms with Crippen LogP contribution in [0.25, 0.3) is 16.5 Å². The number of aromatic nitrogens is 2. The normalized spacial score (nSPS) is 10.9. The van der Waals surface area contributed by atoms with Crippen LogP contribution in [0.1, 0.15) is 11.4 Å². The average molecular weight is 434 g/mol. The van der Waals surface area contributed by atoms with Crippen molar-refractivity contribution in [2.45, 2.75) is 12.8 Å². The van der Waals surface area contributed by atoms with E-state index < -0.39 is 0 Å². The molecule has 162 valence electrons. The van der Waals surface area contributed by atoms with Crippen molar-refractivity contribution in [2.24, 2.45) is 0 Å². The summed E-state index contributed by atoms with van der Waals surface area (Å²) < 4.78 is 2.03. The van der Waals surface area contributed by atoms with Gasteiger partial charge in [0.05, 0.1) is 0 Å². The first kappa shape index (κ1) is 20.5. The Morgan fingerprint density at radius 1 is 0.788 bits per heavy atom. The maximum Gasteiger partial charge on any atom is 0.170 e. The van der Waals surface area contributed by atoms with Crippen LogP contribution in [0.4, 0.5) is 11.4 Å². The highest BCUT2D eigenvalue weighted by molar-refractivity contribution is 5.86. The molecule has 0 spiro atoms. The standard InChI is InChI=1S/C27H22N4O2/c32-31(33)30(26-12-11-22-8-4-5-9-23(22)20-26)25-15-13-24(14-16-25)29-19-18-28-27(29)17-10-21-6-2-1-3-7-21/h1-9,11-16,18-20H,10,17H2. The van der Waals surface area contributed by atoms with E-state index in [0.717, 1.165) is 40.1 Å². The van der Waals surface area contributed by atoms with Gasteiger partial charge in [-0.2, -0.15) is 0 Å². The van der Waals surface area contributed by atoms with Gasteiger partial charge in [0.15, 0.2) is 5.03 Å². The summed E-state index contributed by atoms with van der Waals surface area (Å²) in [7, 11) is 0. The summed E-state index contributed by atoms with van der Waals surface area (Å²) in [4.78, 5) is 16.5. The van der Waals surface area contributed by atoms with Crippen LogP contribution in [0.5, 0.6) is 0 Å². The van der Waals surface area contributed by atoms with E-state index in [1.54, 1.807) is 24.4 Å². The van der Waals surface area contributed by atoms with Crippen LogP contribution in [0.2, 0.25) is 0 Å². The molecule has 0 fully saturated rings. The summed E-state index contributed by atoms with van der Waals surface area (Å²) >= 11 is 0.